The number of piperidine rings is 1. The van der Waals surface area contributed by atoms with E-state index in [2.05, 4.69) is 11.0 Å². The summed E-state index contributed by atoms with van der Waals surface area (Å²) in [7, 11) is 0. The summed E-state index contributed by atoms with van der Waals surface area (Å²) in [5, 5.41) is 17.6. The number of aliphatic carboxylic acids is 1. The van der Waals surface area contributed by atoms with Crippen LogP contribution in [-0.4, -0.2) is 42.2 Å². The lowest BCUT2D eigenvalue weighted by Crippen LogP contribution is -2.38. The Morgan fingerprint density at radius 2 is 2.19 bits per heavy atom. The Morgan fingerprint density at radius 3 is 2.86 bits per heavy atom. The average molecular weight is 288 g/mol. The third-order valence-electron chi connectivity index (χ3n) is 3.73. The van der Waals surface area contributed by atoms with Gasteiger partial charge in [-0.3, -0.25) is 9.69 Å². The van der Waals surface area contributed by atoms with Crippen molar-refractivity contribution in [1.29, 1.82) is 5.26 Å². The molecule has 0 aromatic heterocycles. The Balaban J connectivity index is 1.72. The van der Waals surface area contributed by atoms with Crippen LogP contribution in [0.3, 0.4) is 0 Å². The lowest BCUT2D eigenvalue weighted by Gasteiger charge is -2.31. The van der Waals surface area contributed by atoms with Gasteiger partial charge in [0.05, 0.1) is 11.6 Å². The van der Waals surface area contributed by atoms with Crippen LogP contribution >= 0.6 is 0 Å². The summed E-state index contributed by atoms with van der Waals surface area (Å²) in [6.45, 7) is 3.22. The molecule has 5 heteroatoms. The minimum Gasteiger partial charge on any atom is -0.492 e. The largest absolute Gasteiger partial charge is 0.492 e. The van der Waals surface area contributed by atoms with Gasteiger partial charge < -0.3 is 9.84 Å². The Bertz CT molecular complexity index is 507. The number of carboxylic acid groups (broad SMARTS) is 1. The zero-order valence-electron chi connectivity index (χ0n) is 12.0. The lowest BCUT2D eigenvalue weighted by molar-refractivity contribution is -0.138. The minimum absolute atomic E-state index is 0.256. The van der Waals surface area contributed by atoms with Crippen LogP contribution in [0, 0.1) is 17.2 Å². The molecule has 0 aliphatic carbocycles. The number of likely N-dealkylation sites (tertiary alicyclic amines) is 1. The standard InChI is InChI=1S/C16H20N2O3/c17-11-13-3-5-15(6-4-13)21-9-8-18-7-1-2-14(12-18)10-16(19)20/h3-6,14H,1-2,7-10,12H2,(H,19,20). The van der Waals surface area contributed by atoms with Crippen LogP contribution in [0.2, 0.25) is 0 Å². The fraction of sp³-hybridized carbons (Fsp3) is 0.500. The SMILES string of the molecule is N#Cc1ccc(OCCN2CCCC(CC(=O)O)C2)cc1. The van der Waals surface area contributed by atoms with Gasteiger partial charge in [0.1, 0.15) is 12.4 Å². The van der Waals surface area contributed by atoms with Crippen molar-refractivity contribution >= 4 is 5.97 Å². The van der Waals surface area contributed by atoms with E-state index in [4.69, 9.17) is 15.1 Å². The number of nitriles is 1. The first-order valence-corrected chi connectivity index (χ1v) is 7.24. The van der Waals surface area contributed by atoms with Crippen molar-refractivity contribution in [3.8, 4) is 11.8 Å². The zero-order chi connectivity index (χ0) is 15.1. The molecule has 1 aromatic rings. The number of carbonyl (C=O) groups is 1. The fourth-order valence-corrected chi connectivity index (χ4v) is 2.69. The van der Waals surface area contributed by atoms with E-state index >= 15 is 0 Å². The van der Waals surface area contributed by atoms with Crippen molar-refractivity contribution in [2.24, 2.45) is 5.92 Å². The predicted molar refractivity (Wildman–Crippen MR) is 78.1 cm³/mol. The second-order valence-electron chi connectivity index (χ2n) is 5.39. The number of nitrogens with zero attached hydrogens (tertiary/aromatic N) is 2. The van der Waals surface area contributed by atoms with Crippen molar-refractivity contribution in [1.82, 2.24) is 4.90 Å². The van der Waals surface area contributed by atoms with Gasteiger partial charge in [-0.25, -0.2) is 0 Å². The van der Waals surface area contributed by atoms with Crippen LogP contribution in [0.5, 0.6) is 5.75 Å². The third-order valence-corrected chi connectivity index (χ3v) is 3.73. The summed E-state index contributed by atoms with van der Waals surface area (Å²) in [6.07, 6.45) is 2.31. The van der Waals surface area contributed by atoms with Gasteiger partial charge in [0.15, 0.2) is 0 Å². The number of hydrogen-bond donors (Lipinski definition) is 1. The van der Waals surface area contributed by atoms with Crippen LogP contribution in [0.1, 0.15) is 24.8 Å². The van der Waals surface area contributed by atoms with Crippen molar-refractivity contribution in [3.63, 3.8) is 0 Å². The monoisotopic (exact) mass is 288 g/mol. The molecular formula is C16H20N2O3. The predicted octanol–water partition coefficient (Wildman–Crippen LogP) is 2.12. The van der Waals surface area contributed by atoms with Crippen molar-refractivity contribution in [2.75, 3.05) is 26.2 Å². The molecule has 1 aliphatic heterocycles. The van der Waals surface area contributed by atoms with E-state index in [9.17, 15) is 4.79 Å². The second-order valence-corrected chi connectivity index (χ2v) is 5.39. The molecule has 0 spiro atoms. The van der Waals surface area contributed by atoms with Crippen LogP contribution in [0.25, 0.3) is 0 Å². The highest BCUT2D eigenvalue weighted by Gasteiger charge is 2.21. The van der Waals surface area contributed by atoms with E-state index < -0.39 is 5.97 Å². The first kappa shape index (κ1) is 15.3. The smallest absolute Gasteiger partial charge is 0.303 e. The molecule has 0 amide bonds. The molecular weight excluding hydrogens is 268 g/mol. The summed E-state index contributed by atoms with van der Waals surface area (Å²) in [6, 6.07) is 9.13. The van der Waals surface area contributed by atoms with E-state index in [1.807, 2.05) is 0 Å². The van der Waals surface area contributed by atoms with E-state index in [0.717, 1.165) is 38.2 Å². The number of benzene rings is 1. The normalized spacial score (nSPS) is 18.9. The van der Waals surface area contributed by atoms with E-state index in [0.29, 0.717) is 12.2 Å². The molecule has 112 valence electrons. The first-order valence-electron chi connectivity index (χ1n) is 7.24. The molecule has 0 bridgehead atoms. The summed E-state index contributed by atoms with van der Waals surface area (Å²) in [5.41, 5.74) is 0.620. The molecule has 0 radical (unpaired) electrons. The highest BCUT2D eigenvalue weighted by atomic mass is 16.5. The molecule has 1 saturated heterocycles. The van der Waals surface area contributed by atoms with E-state index in [1.54, 1.807) is 24.3 Å². The number of ether oxygens (including phenoxy) is 1. The van der Waals surface area contributed by atoms with Crippen molar-refractivity contribution < 1.29 is 14.6 Å². The van der Waals surface area contributed by atoms with Crippen LogP contribution < -0.4 is 4.74 Å². The molecule has 1 aromatic carbocycles. The number of carboxylic acids is 1. The molecule has 1 atom stereocenters. The Morgan fingerprint density at radius 1 is 1.43 bits per heavy atom. The van der Waals surface area contributed by atoms with Gasteiger partial charge in [-0.05, 0) is 49.6 Å². The summed E-state index contributed by atoms with van der Waals surface area (Å²) in [4.78, 5) is 13.0. The van der Waals surface area contributed by atoms with Crippen LogP contribution in [-0.2, 0) is 4.79 Å². The quantitative estimate of drug-likeness (QED) is 0.868. The van der Waals surface area contributed by atoms with E-state index in [-0.39, 0.29) is 12.3 Å². The molecule has 1 heterocycles. The van der Waals surface area contributed by atoms with Gasteiger partial charge in [0.2, 0.25) is 0 Å². The highest BCUT2D eigenvalue weighted by molar-refractivity contribution is 5.67. The highest BCUT2D eigenvalue weighted by Crippen LogP contribution is 2.19. The van der Waals surface area contributed by atoms with Gasteiger partial charge in [0, 0.05) is 19.5 Å². The van der Waals surface area contributed by atoms with E-state index in [1.165, 1.54) is 0 Å². The maximum absolute atomic E-state index is 10.8. The van der Waals surface area contributed by atoms with Gasteiger partial charge in [-0.1, -0.05) is 0 Å². The summed E-state index contributed by atoms with van der Waals surface area (Å²) < 4.78 is 5.66. The zero-order valence-corrected chi connectivity index (χ0v) is 12.0. The molecule has 2 rings (SSSR count). The fourth-order valence-electron chi connectivity index (χ4n) is 2.69. The molecule has 21 heavy (non-hydrogen) atoms. The van der Waals surface area contributed by atoms with Crippen molar-refractivity contribution in [3.05, 3.63) is 29.8 Å². The maximum atomic E-state index is 10.8. The minimum atomic E-state index is -0.712. The summed E-state index contributed by atoms with van der Waals surface area (Å²) >= 11 is 0. The number of rotatable bonds is 6. The first-order chi connectivity index (χ1) is 10.2. The third kappa shape index (κ3) is 5.09. The Labute approximate surface area is 124 Å². The molecule has 1 fully saturated rings. The van der Waals surface area contributed by atoms with Gasteiger partial charge in [0.25, 0.3) is 0 Å². The van der Waals surface area contributed by atoms with Gasteiger partial charge in [-0.2, -0.15) is 5.26 Å². The van der Waals surface area contributed by atoms with Crippen LogP contribution in [0.15, 0.2) is 24.3 Å². The van der Waals surface area contributed by atoms with Crippen molar-refractivity contribution in [2.45, 2.75) is 19.3 Å². The summed E-state index contributed by atoms with van der Waals surface area (Å²) in [5.74, 6) is 0.301. The maximum Gasteiger partial charge on any atom is 0.303 e. The van der Waals surface area contributed by atoms with Crippen LogP contribution in [0.4, 0.5) is 0 Å². The lowest BCUT2D eigenvalue weighted by atomic mass is 9.95. The second kappa shape index (κ2) is 7.65. The topological polar surface area (TPSA) is 73.6 Å². The molecule has 1 aliphatic rings. The van der Waals surface area contributed by atoms with Gasteiger partial charge in [-0.15, -0.1) is 0 Å². The Kier molecular flexibility index (Phi) is 5.59. The van der Waals surface area contributed by atoms with Gasteiger partial charge >= 0.3 is 5.97 Å². The molecule has 5 nitrogen and oxygen atoms in total. The molecule has 1 unspecified atom stereocenters. The molecule has 1 N–H and O–H groups in total. The molecule has 0 saturated carbocycles. The Hall–Kier alpha value is -2.06. The number of hydrogen-bond acceptors (Lipinski definition) is 4. The average Bonchev–Trinajstić information content (AvgIpc) is 2.48.